The Hall–Kier alpha value is -1.49. The van der Waals surface area contributed by atoms with Crippen LogP contribution in [0.1, 0.15) is 46.5 Å². The molecule has 0 spiro atoms. The van der Waals surface area contributed by atoms with Crippen molar-refractivity contribution >= 4 is 16.8 Å². The summed E-state index contributed by atoms with van der Waals surface area (Å²) in [5.74, 6) is 1.38. The van der Waals surface area contributed by atoms with Crippen LogP contribution in [-0.4, -0.2) is 26.5 Å². The number of aromatic nitrogens is 1. The summed E-state index contributed by atoms with van der Waals surface area (Å²) in [6.45, 7) is 6.69. The SMILES string of the molecule is CC(C)[C@H]1CC[C@H](C)C[C@@H]1OC(=O)[C@@H]1[C@H](S(=O)c2ccccn2)[C@@H]2C=C[C@H]1C2. The van der Waals surface area contributed by atoms with Crippen molar-refractivity contribution in [1.29, 1.82) is 0 Å². The molecule has 2 bridgehead atoms. The second-order valence-corrected chi connectivity index (χ2v) is 10.8. The molecule has 0 N–H and O–H groups in total. The van der Waals surface area contributed by atoms with Crippen molar-refractivity contribution < 1.29 is 13.7 Å². The van der Waals surface area contributed by atoms with Crippen LogP contribution in [0.3, 0.4) is 0 Å². The van der Waals surface area contributed by atoms with Gasteiger partial charge in [-0.25, -0.2) is 4.98 Å². The maximum Gasteiger partial charge on any atom is 0.311 e. The van der Waals surface area contributed by atoms with Gasteiger partial charge in [0.05, 0.1) is 22.0 Å². The van der Waals surface area contributed by atoms with E-state index in [1.165, 1.54) is 6.42 Å². The summed E-state index contributed by atoms with van der Waals surface area (Å²) in [7, 11) is -1.30. The fourth-order valence-corrected chi connectivity index (χ4v) is 7.22. The predicted molar refractivity (Wildman–Crippen MR) is 110 cm³/mol. The molecule has 4 rings (SSSR count). The van der Waals surface area contributed by atoms with E-state index in [2.05, 4.69) is 37.9 Å². The minimum atomic E-state index is -1.30. The van der Waals surface area contributed by atoms with E-state index in [0.29, 0.717) is 22.8 Å². The molecule has 5 heteroatoms. The summed E-state index contributed by atoms with van der Waals surface area (Å²) in [5, 5.41) is 0.341. The van der Waals surface area contributed by atoms with Gasteiger partial charge >= 0.3 is 5.97 Å². The molecule has 2 saturated carbocycles. The first kappa shape index (κ1) is 19.8. The smallest absolute Gasteiger partial charge is 0.311 e. The molecule has 1 heterocycles. The lowest BCUT2D eigenvalue weighted by atomic mass is 9.75. The first-order chi connectivity index (χ1) is 13.5. The fourth-order valence-electron chi connectivity index (χ4n) is 5.46. The number of hydrogen-bond acceptors (Lipinski definition) is 4. The monoisotopic (exact) mass is 401 g/mol. The quantitative estimate of drug-likeness (QED) is 0.543. The van der Waals surface area contributed by atoms with Crippen LogP contribution in [0.15, 0.2) is 41.6 Å². The van der Waals surface area contributed by atoms with Crippen LogP contribution in [-0.2, 0) is 20.3 Å². The molecule has 0 amide bonds. The zero-order chi connectivity index (χ0) is 19.8. The maximum absolute atomic E-state index is 13.3. The highest BCUT2D eigenvalue weighted by molar-refractivity contribution is 7.85. The number of rotatable bonds is 5. The van der Waals surface area contributed by atoms with E-state index in [1.807, 2.05) is 12.1 Å². The van der Waals surface area contributed by atoms with Gasteiger partial charge in [-0.3, -0.25) is 9.00 Å². The molecule has 152 valence electrons. The number of ether oxygens (including phenoxy) is 1. The van der Waals surface area contributed by atoms with E-state index < -0.39 is 10.8 Å². The van der Waals surface area contributed by atoms with Gasteiger partial charge in [0.1, 0.15) is 11.1 Å². The van der Waals surface area contributed by atoms with Gasteiger partial charge in [-0.15, -0.1) is 0 Å². The summed E-state index contributed by atoms with van der Waals surface area (Å²) < 4.78 is 19.4. The third-order valence-electron chi connectivity index (χ3n) is 6.98. The van der Waals surface area contributed by atoms with Gasteiger partial charge in [-0.2, -0.15) is 0 Å². The topological polar surface area (TPSA) is 56.3 Å². The second-order valence-electron chi connectivity index (χ2n) is 9.21. The van der Waals surface area contributed by atoms with Gasteiger partial charge in [-0.05, 0) is 61.0 Å². The third kappa shape index (κ3) is 3.70. The van der Waals surface area contributed by atoms with Crippen LogP contribution >= 0.6 is 0 Å². The Morgan fingerprint density at radius 2 is 1.96 bits per heavy atom. The molecule has 8 atom stereocenters. The molecule has 0 aliphatic heterocycles. The first-order valence-corrected chi connectivity index (χ1v) is 11.9. The molecule has 0 saturated heterocycles. The highest BCUT2D eigenvalue weighted by atomic mass is 32.2. The molecule has 28 heavy (non-hydrogen) atoms. The number of hydrogen-bond donors (Lipinski definition) is 0. The Kier molecular flexibility index (Phi) is 5.73. The molecule has 2 fully saturated rings. The largest absolute Gasteiger partial charge is 0.462 e. The van der Waals surface area contributed by atoms with Gasteiger partial charge in [0.2, 0.25) is 0 Å². The number of fused-ring (bicyclic) bond motifs is 2. The second kappa shape index (κ2) is 8.10. The summed E-state index contributed by atoms with van der Waals surface area (Å²) in [5.41, 5.74) is 0. The first-order valence-electron chi connectivity index (χ1n) is 10.7. The summed E-state index contributed by atoms with van der Waals surface area (Å²) in [6.07, 6.45) is 10.1. The standard InChI is InChI=1S/C23H31NO3S/c1-14(2)18-10-7-15(3)12-19(18)27-23(25)21-16-8-9-17(13-16)22(21)28(26)20-6-4-5-11-24-20/h4-6,8-9,11,14-19,21-22H,7,10,12-13H2,1-3H3/t15-,16-,17+,18+,19-,21-,22+,28?/m0/s1. The normalized spacial score (nSPS) is 37.9. The average Bonchev–Trinajstić information content (AvgIpc) is 3.29. The van der Waals surface area contributed by atoms with Crippen molar-refractivity contribution in [1.82, 2.24) is 4.98 Å². The Bertz CT molecular complexity index is 762. The Labute approximate surface area is 170 Å². The molecule has 1 aromatic rings. The van der Waals surface area contributed by atoms with Crippen LogP contribution in [0.25, 0.3) is 0 Å². The van der Waals surface area contributed by atoms with Crippen LogP contribution in [0.4, 0.5) is 0 Å². The van der Waals surface area contributed by atoms with Crippen molar-refractivity contribution in [2.45, 2.75) is 62.8 Å². The van der Waals surface area contributed by atoms with Gasteiger partial charge in [0.25, 0.3) is 0 Å². The van der Waals surface area contributed by atoms with E-state index in [9.17, 15) is 9.00 Å². The third-order valence-corrected chi connectivity index (χ3v) is 8.77. The lowest BCUT2D eigenvalue weighted by Crippen LogP contribution is -2.41. The predicted octanol–water partition coefficient (Wildman–Crippen LogP) is 4.38. The molecular weight excluding hydrogens is 370 g/mol. The van der Waals surface area contributed by atoms with Gasteiger partial charge in [0.15, 0.2) is 0 Å². The van der Waals surface area contributed by atoms with Gasteiger partial charge < -0.3 is 4.74 Å². The Balaban J connectivity index is 1.53. The molecule has 3 aliphatic rings. The van der Waals surface area contributed by atoms with Crippen molar-refractivity contribution in [3.8, 4) is 0 Å². The fraction of sp³-hybridized carbons (Fsp3) is 0.652. The Morgan fingerprint density at radius 3 is 2.68 bits per heavy atom. The highest BCUT2D eigenvalue weighted by Crippen LogP contribution is 2.48. The van der Waals surface area contributed by atoms with Gasteiger partial charge in [-0.1, -0.05) is 45.4 Å². The minimum Gasteiger partial charge on any atom is -0.462 e. The zero-order valence-corrected chi connectivity index (χ0v) is 17.8. The minimum absolute atomic E-state index is 0.0108. The zero-order valence-electron chi connectivity index (χ0n) is 17.0. The van der Waals surface area contributed by atoms with E-state index in [4.69, 9.17) is 4.74 Å². The van der Waals surface area contributed by atoms with E-state index >= 15 is 0 Å². The lowest BCUT2D eigenvalue weighted by Gasteiger charge is -2.38. The number of carbonyl (C=O) groups is 1. The van der Waals surface area contributed by atoms with Crippen LogP contribution in [0, 0.1) is 35.5 Å². The van der Waals surface area contributed by atoms with Crippen molar-refractivity contribution in [3.05, 3.63) is 36.5 Å². The average molecular weight is 402 g/mol. The molecular formula is C23H31NO3S. The summed E-state index contributed by atoms with van der Waals surface area (Å²) in [6, 6.07) is 5.47. The molecule has 1 aromatic heterocycles. The number of nitrogens with zero attached hydrogens (tertiary/aromatic N) is 1. The summed E-state index contributed by atoms with van der Waals surface area (Å²) in [4.78, 5) is 17.6. The molecule has 0 aromatic carbocycles. The van der Waals surface area contributed by atoms with Crippen molar-refractivity contribution in [2.75, 3.05) is 0 Å². The summed E-state index contributed by atoms with van der Waals surface area (Å²) >= 11 is 0. The maximum atomic E-state index is 13.3. The van der Waals surface area contributed by atoms with Crippen LogP contribution < -0.4 is 0 Å². The van der Waals surface area contributed by atoms with E-state index in [1.54, 1.807) is 12.3 Å². The van der Waals surface area contributed by atoms with Crippen LogP contribution in [0.5, 0.6) is 0 Å². The van der Waals surface area contributed by atoms with Crippen molar-refractivity contribution in [3.63, 3.8) is 0 Å². The van der Waals surface area contributed by atoms with Gasteiger partial charge in [0, 0.05) is 6.20 Å². The molecule has 3 aliphatic carbocycles. The number of esters is 1. The number of carbonyl (C=O) groups excluding carboxylic acids is 1. The van der Waals surface area contributed by atoms with E-state index in [0.717, 1.165) is 19.3 Å². The highest BCUT2D eigenvalue weighted by Gasteiger charge is 2.53. The van der Waals surface area contributed by atoms with E-state index in [-0.39, 0.29) is 35.1 Å². The Morgan fingerprint density at radius 1 is 1.18 bits per heavy atom. The van der Waals surface area contributed by atoms with Crippen LogP contribution in [0.2, 0.25) is 0 Å². The molecule has 4 nitrogen and oxygen atoms in total. The number of allylic oxidation sites excluding steroid dienone is 2. The lowest BCUT2D eigenvalue weighted by molar-refractivity contribution is -0.161. The number of pyridine rings is 1. The molecule has 0 radical (unpaired) electrons. The molecule has 1 unspecified atom stereocenters. The van der Waals surface area contributed by atoms with Crippen molar-refractivity contribution in [2.24, 2.45) is 35.5 Å².